The first-order valence-electron chi connectivity index (χ1n) is 5.49. The van der Waals surface area contributed by atoms with Gasteiger partial charge in [-0.25, -0.2) is 0 Å². The summed E-state index contributed by atoms with van der Waals surface area (Å²) in [5.41, 5.74) is 1.49. The van der Waals surface area contributed by atoms with Crippen LogP contribution in [0.1, 0.15) is 12.0 Å². The van der Waals surface area contributed by atoms with Crippen molar-refractivity contribution in [2.75, 3.05) is 31.9 Å². The van der Waals surface area contributed by atoms with E-state index >= 15 is 0 Å². The van der Waals surface area contributed by atoms with Crippen molar-refractivity contribution < 1.29 is 9.53 Å². The molecule has 0 aliphatic heterocycles. The van der Waals surface area contributed by atoms with E-state index in [-0.39, 0.29) is 5.97 Å². The number of thioether (sulfide) groups is 1. The number of esters is 1. The Morgan fingerprint density at radius 3 is 2.83 bits per heavy atom. The zero-order chi connectivity index (χ0) is 13.5. The van der Waals surface area contributed by atoms with Gasteiger partial charge < -0.3 is 9.64 Å². The van der Waals surface area contributed by atoms with Gasteiger partial charge in [0.2, 0.25) is 0 Å². The fourth-order valence-electron chi connectivity index (χ4n) is 1.60. The summed E-state index contributed by atoms with van der Waals surface area (Å²) in [5, 5.41) is 9.22. The maximum atomic E-state index is 11.1. The van der Waals surface area contributed by atoms with Crippen LogP contribution in [-0.2, 0) is 9.53 Å². The van der Waals surface area contributed by atoms with Crippen LogP contribution in [-0.4, -0.2) is 32.9 Å². The SMILES string of the molecule is COC(=O)CCN(C)c1cccc(SC)c1C#N. The molecule has 0 aromatic heterocycles. The molecule has 0 saturated carbocycles. The van der Waals surface area contributed by atoms with E-state index in [2.05, 4.69) is 10.8 Å². The van der Waals surface area contributed by atoms with Crippen molar-refractivity contribution in [3.63, 3.8) is 0 Å². The van der Waals surface area contributed by atoms with Crippen molar-refractivity contribution in [3.8, 4) is 6.07 Å². The lowest BCUT2D eigenvalue weighted by Gasteiger charge is -2.20. The summed E-state index contributed by atoms with van der Waals surface area (Å²) in [6.45, 7) is 0.527. The third-order valence-corrected chi connectivity index (χ3v) is 3.41. The molecule has 0 heterocycles. The van der Waals surface area contributed by atoms with E-state index in [1.165, 1.54) is 18.9 Å². The molecule has 0 saturated heterocycles. The Bertz CT molecular complexity index is 469. The van der Waals surface area contributed by atoms with Gasteiger partial charge in [-0.05, 0) is 18.4 Å². The van der Waals surface area contributed by atoms with Crippen LogP contribution in [0.15, 0.2) is 23.1 Å². The van der Waals surface area contributed by atoms with Gasteiger partial charge in [0.1, 0.15) is 6.07 Å². The Hall–Kier alpha value is -1.67. The summed E-state index contributed by atoms with van der Waals surface area (Å²) in [4.78, 5) is 13.9. The van der Waals surface area contributed by atoms with E-state index in [4.69, 9.17) is 0 Å². The van der Waals surface area contributed by atoms with E-state index < -0.39 is 0 Å². The number of rotatable bonds is 5. The summed E-state index contributed by atoms with van der Waals surface area (Å²) in [6.07, 6.45) is 2.25. The first kappa shape index (κ1) is 14.4. The minimum atomic E-state index is -0.249. The van der Waals surface area contributed by atoms with Gasteiger partial charge in [0.15, 0.2) is 0 Å². The van der Waals surface area contributed by atoms with Gasteiger partial charge in [-0.1, -0.05) is 6.07 Å². The van der Waals surface area contributed by atoms with Crippen molar-refractivity contribution in [1.29, 1.82) is 5.26 Å². The average Bonchev–Trinajstić information content (AvgIpc) is 2.42. The lowest BCUT2D eigenvalue weighted by molar-refractivity contribution is -0.140. The molecule has 0 unspecified atom stereocenters. The minimum absolute atomic E-state index is 0.249. The predicted molar refractivity (Wildman–Crippen MR) is 72.8 cm³/mol. The van der Waals surface area contributed by atoms with Crippen LogP contribution in [0.25, 0.3) is 0 Å². The van der Waals surface area contributed by atoms with E-state index in [0.717, 1.165) is 10.6 Å². The molecule has 96 valence electrons. The Morgan fingerprint density at radius 2 is 2.28 bits per heavy atom. The molecule has 0 N–H and O–H groups in total. The molecule has 5 heteroatoms. The normalized spacial score (nSPS) is 9.67. The van der Waals surface area contributed by atoms with Gasteiger partial charge in [-0.2, -0.15) is 5.26 Å². The summed E-state index contributed by atoms with van der Waals surface area (Å²) >= 11 is 1.54. The van der Waals surface area contributed by atoms with Gasteiger partial charge in [0.25, 0.3) is 0 Å². The van der Waals surface area contributed by atoms with Crippen LogP contribution < -0.4 is 4.90 Å². The Morgan fingerprint density at radius 1 is 1.56 bits per heavy atom. The number of hydrogen-bond acceptors (Lipinski definition) is 5. The summed E-state index contributed by atoms with van der Waals surface area (Å²) in [5.74, 6) is -0.249. The van der Waals surface area contributed by atoms with Crippen LogP contribution in [0.2, 0.25) is 0 Å². The molecule has 0 spiro atoms. The van der Waals surface area contributed by atoms with Crippen LogP contribution >= 0.6 is 11.8 Å². The molecule has 0 fully saturated rings. The molecule has 18 heavy (non-hydrogen) atoms. The molecule has 0 aliphatic rings. The molecule has 0 radical (unpaired) electrons. The third-order valence-electron chi connectivity index (χ3n) is 2.63. The quantitative estimate of drug-likeness (QED) is 0.603. The lowest BCUT2D eigenvalue weighted by Crippen LogP contribution is -2.22. The van der Waals surface area contributed by atoms with E-state index in [9.17, 15) is 10.1 Å². The second-order valence-corrected chi connectivity index (χ2v) is 4.56. The Balaban J connectivity index is 2.89. The standard InChI is InChI=1S/C13H16N2O2S/c1-15(8-7-13(16)17-2)11-5-4-6-12(18-3)10(11)9-14/h4-6H,7-8H2,1-3H3. The smallest absolute Gasteiger partial charge is 0.307 e. The molecule has 1 aromatic carbocycles. The van der Waals surface area contributed by atoms with Gasteiger partial charge in [0, 0.05) is 18.5 Å². The molecule has 1 aromatic rings. The van der Waals surface area contributed by atoms with Crippen LogP contribution in [0, 0.1) is 11.3 Å². The number of methoxy groups -OCH3 is 1. The number of carbonyl (C=O) groups is 1. The molecule has 0 aliphatic carbocycles. The molecule has 0 atom stereocenters. The number of nitriles is 1. The minimum Gasteiger partial charge on any atom is -0.469 e. The Labute approximate surface area is 112 Å². The van der Waals surface area contributed by atoms with E-state index in [1.807, 2.05) is 36.4 Å². The van der Waals surface area contributed by atoms with Crippen molar-refractivity contribution >= 4 is 23.4 Å². The molecule has 4 nitrogen and oxygen atoms in total. The predicted octanol–water partition coefficient (Wildman–Crippen LogP) is 2.28. The maximum Gasteiger partial charge on any atom is 0.307 e. The van der Waals surface area contributed by atoms with E-state index in [1.54, 1.807) is 0 Å². The lowest BCUT2D eigenvalue weighted by atomic mass is 10.1. The number of anilines is 1. The summed E-state index contributed by atoms with van der Waals surface area (Å²) in [6, 6.07) is 7.93. The van der Waals surface area contributed by atoms with Crippen molar-refractivity contribution in [2.24, 2.45) is 0 Å². The molecular formula is C13H16N2O2S. The third kappa shape index (κ3) is 3.41. The van der Waals surface area contributed by atoms with Crippen molar-refractivity contribution in [1.82, 2.24) is 0 Å². The van der Waals surface area contributed by atoms with Crippen LogP contribution in [0.3, 0.4) is 0 Å². The number of nitrogens with zero attached hydrogens (tertiary/aromatic N) is 2. The fourth-order valence-corrected chi connectivity index (χ4v) is 2.17. The number of ether oxygens (including phenoxy) is 1. The number of benzene rings is 1. The fraction of sp³-hybridized carbons (Fsp3) is 0.385. The Kier molecular flexibility index (Phi) is 5.53. The molecule has 0 bridgehead atoms. The molecule has 0 amide bonds. The van der Waals surface area contributed by atoms with Gasteiger partial charge in [0.05, 0.1) is 24.8 Å². The van der Waals surface area contributed by atoms with Crippen LogP contribution in [0.4, 0.5) is 5.69 Å². The highest BCUT2D eigenvalue weighted by Crippen LogP contribution is 2.28. The van der Waals surface area contributed by atoms with Crippen molar-refractivity contribution in [2.45, 2.75) is 11.3 Å². The van der Waals surface area contributed by atoms with E-state index in [0.29, 0.717) is 18.5 Å². The van der Waals surface area contributed by atoms with Gasteiger partial charge >= 0.3 is 5.97 Å². The zero-order valence-electron chi connectivity index (χ0n) is 10.8. The second-order valence-electron chi connectivity index (χ2n) is 3.71. The highest BCUT2D eigenvalue weighted by Gasteiger charge is 2.12. The molecule has 1 rings (SSSR count). The molecular weight excluding hydrogens is 248 g/mol. The van der Waals surface area contributed by atoms with Crippen molar-refractivity contribution in [3.05, 3.63) is 23.8 Å². The summed E-state index contributed by atoms with van der Waals surface area (Å²) in [7, 11) is 3.24. The van der Waals surface area contributed by atoms with Gasteiger partial charge in [-0.3, -0.25) is 4.79 Å². The second kappa shape index (κ2) is 6.92. The first-order chi connectivity index (χ1) is 8.63. The summed E-state index contributed by atoms with van der Waals surface area (Å²) < 4.78 is 4.60. The first-order valence-corrected chi connectivity index (χ1v) is 6.71. The highest BCUT2D eigenvalue weighted by molar-refractivity contribution is 7.98. The zero-order valence-corrected chi connectivity index (χ0v) is 11.6. The monoisotopic (exact) mass is 264 g/mol. The number of hydrogen-bond donors (Lipinski definition) is 0. The largest absolute Gasteiger partial charge is 0.469 e. The van der Waals surface area contributed by atoms with Crippen LogP contribution in [0.5, 0.6) is 0 Å². The average molecular weight is 264 g/mol. The number of carbonyl (C=O) groups excluding carboxylic acids is 1. The highest BCUT2D eigenvalue weighted by atomic mass is 32.2. The van der Waals surface area contributed by atoms with Gasteiger partial charge in [-0.15, -0.1) is 11.8 Å². The topological polar surface area (TPSA) is 53.3 Å². The maximum absolute atomic E-state index is 11.1.